The summed E-state index contributed by atoms with van der Waals surface area (Å²) in [7, 11) is 0. The summed E-state index contributed by atoms with van der Waals surface area (Å²) >= 11 is 0. The number of hydrogen-bond acceptors (Lipinski definition) is 5. The molecule has 0 amide bonds. The fourth-order valence-electron chi connectivity index (χ4n) is 1.85. The minimum absolute atomic E-state index is 0.000128. The molecule has 1 aliphatic heterocycles. The molecule has 0 bridgehead atoms. The van der Waals surface area contributed by atoms with Crippen molar-refractivity contribution in [1.29, 1.82) is 0 Å². The average Bonchev–Trinajstić information content (AvgIpc) is 2.70. The van der Waals surface area contributed by atoms with E-state index in [-0.39, 0.29) is 18.6 Å². The van der Waals surface area contributed by atoms with E-state index in [2.05, 4.69) is 10.9 Å². The maximum atomic E-state index is 11.6. The number of aromatic nitrogens is 2. The van der Waals surface area contributed by atoms with E-state index in [1.165, 1.54) is 6.20 Å². The van der Waals surface area contributed by atoms with E-state index in [4.69, 9.17) is 16.3 Å². The van der Waals surface area contributed by atoms with E-state index in [1.54, 1.807) is 0 Å². The zero-order valence-electron chi connectivity index (χ0n) is 9.37. The summed E-state index contributed by atoms with van der Waals surface area (Å²) in [5.74, 6) is 2.15. The molecule has 2 heterocycles. The SMILES string of the molecule is [13CH]#[13C]c1cn(C2CC(O)C(CO)O2)c(=O)[nH]c1=O. The number of aromatic amines is 1. The van der Waals surface area contributed by atoms with Crippen molar-refractivity contribution in [3.8, 4) is 12.3 Å². The summed E-state index contributed by atoms with van der Waals surface area (Å²) in [4.78, 5) is 25.0. The molecule has 0 aromatic carbocycles. The van der Waals surface area contributed by atoms with Gasteiger partial charge in [0.25, 0.3) is 5.56 Å². The number of aliphatic hydroxyl groups excluding tert-OH is 2. The number of nitrogens with one attached hydrogen (secondary N) is 1. The Hall–Kier alpha value is -1.88. The van der Waals surface area contributed by atoms with E-state index in [9.17, 15) is 14.7 Å². The first kappa shape index (κ1) is 12.6. The second kappa shape index (κ2) is 4.78. The summed E-state index contributed by atoms with van der Waals surface area (Å²) in [6.45, 7) is -0.349. The normalized spacial score (nSPS) is 27.1. The zero-order valence-corrected chi connectivity index (χ0v) is 9.37. The smallest absolute Gasteiger partial charge is 0.330 e. The molecule has 1 aliphatic rings. The highest BCUT2D eigenvalue weighted by Gasteiger charge is 2.35. The van der Waals surface area contributed by atoms with Gasteiger partial charge in [-0.2, -0.15) is 0 Å². The number of H-pyrrole nitrogens is 1. The topological polar surface area (TPSA) is 105 Å². The second-order valence-electron chi connectivity index (χ2n) is 3.97. The summed E-state index contributed by atoms with van der Waals surface area (Å²) in [5.41, 5.74) is -1.31. The quantitative estimate of drug-likeness (QED) is 0.425. The number of rotatable bonds is 2. The molecule has 7 heteroatoms. The summed E-state index contributed by atoms with van der Waals surface area (Å²) in [5, 5.41) is 18.5. The minimum Gasteiger partial charge on any atom is -0.394 e. The lowest BCUT2D eigenvalue weighted by Crippen LogP contribution is -2.33. The molecular formula is C11H12N2O5. The number of nitrogens with zero attached hydrogens (tertiary/aromatic N) is 1. The van der Waals surface area contributed by atoms with Crippen molar-refractivity contribution in [3.63, 3.8) is 0 Å². The molecule has 0 radical (unpaired) electrons. The molecule has 3 unspecified atom stereocenters. The Balaban J connectivity index is 2.39. The van der Waals surface area contributed by atoms with Crippen LogP contribution < -0.4 is 11.2 Å². The van der Waals surface area contributed by atoms with Crippen LogP contribution >= 0.6 is 0 Å². The molecule has 0 saturated carbocycles. The Kier molecular flexibility index (Phi) is 3.34. The molecule has 1 aromatic rings. The van der Waals surface area contributed by atoms with Crippen molar-refractivity contribution in [2.75, 3.05) is 6.61 Å². The van der Waals surface area contributed by atoms with Crippen LogP contribution in [0.2, 0.25) is 0 Å². The molecule has 3 atom stereocenters. The Morgan fingerprint density at radius 2 is 2.33 bits per heavy atom. The van der Waals surface area contributed by atoms with Crippen LogP contribution in [-0.4, -0.2) is 38.6 Å². The lowest BCUT2D eigenvalue weighted by molar-refractivity contribution is -0.0459. The van der Waals surface area contributed by atoms with Gasteiger partial charge in [-0.25, -0.2) is 4.79 Å². The molecule has 0 aliphatic carbocycles. The van der Waals surface area contributed by atoms with Crippen molar-refractivity contribution < 1.29 is 14.9 Å². The van der Waals surface area contributed by atoms with Crippen molar-refractivity contribution in [3.05, 3.63) is 32.6 Å². The van der Waals surface area contributed by atoms with Crippen LogP contribution in [0.1, 0.15) is 18.2 Å². The highest BCUT2D eigenvalue weighted by molar-refractivity contribution is 5.26. The fraction of sp³-hybridized carbons (Fsp3) is 0.455. The Morgan fingerprint density at radius 1 is 1.61 bits per heavy atom. The van der Waals surface area contributed by atoms with Crippen LogP contribution in [0.5, 0.6) is 0 Å². The first-order chi connectivity index (χ1) is 8.56. The predicted octanol–water partition coefficient (Wildman–Crippen LogP) is -1.84. The zero-order chi connectivity index (χ0) is 13.3. The highest BCUT2D eigenvalue weighted by atomic mass is 16.5. The van der Waals surface area contributed by atoms with Crippen molar-refractivity contribution in [2.45, 2.75) is 24.9 Å². The highest BCUT2D eigenvalue weighted by Crippen LogP contribution is 2.27. The largest absolute Gasteiger partial charge is 0.394 e. The maximum Gasteiger partial charge on any atom is 0.330 e. The summed E-state index contributed by atoms with van der Waals surface area (Å²) < 4.78 is 6.41. The molecule has 7 nitrogen and oxygen atoms in total. The van der Waals surface area contributed by atoms with Crippen LogP contribution in [0.3, 0.4) is 0 Å². The van der Waals surface area contributed by atoms with Crippen molar-refractivity contribution in [1.82, 2.24) is 9.55 Å². The Labute approximate surface area is 102 Å². The lowest BCUT2D eigenvalue weighted by Gasteiger charge is -2.14. The number of aliphatic hydroxyl groups is 2. The van der Waals surface area contributed by atoms with Crippen LogP contribution in [0.15, 0.2) is 15.8 Å². The van der Waals surface area contributed by atoms with Crippen LogP contribution in [-0.2, 0) is 4.74 Å². The molecule has 18 heavy (non-hydrogen) atoms. The lowest BCUT2D eigenvalue weighted by atomic mass is 10.2. The molecule has 1 saturated heterocycles. The molecule has 2 rings (SSSR count). The van der Waals surface area contributed by atoms with Gasteiger partial charge in [-0.05, 0) is 0 Å². The van der Waals surface area contributed by atoms with E-state index in [0.29, 0.717) is 0 Å². The fourth-order valence-corrected chi connectivity index (χ4v) is 1.85. The average molecular weight is 254 g/mol. The van der Waals surface area contributed by atoms with Gasteiger partial charge >= 0.3 is 5.69 Å². The first-order valence-electron chi connectivity index (χ1n) is 5.33. The predicted molar refractivity (Wildman–Crippen MR) is 60.9 cm³/mol. The van der Waals surface area contributed by atoms with E-state index in [1.807, 2.05) is 0 Å². The summed E-state index contributed by atoms with van der Waals surface area (Å²) in [6.07, 6.45) is 4.11. The summed E-state index contributed by atoms with van der Waals surface area (Å²) in [6, 6.07) is 0. The van der Waals surface area contributed by atoms with Gasteiger partial charge in [0.1, 0.15) is 17.9 Å². The number of hydrogen-bond donors (Lipinski definition) is 3. The van der Waals surface area contributed by atoms with E-state index in [0.717, 1.165) is 4.57 Å². The van der Waals surface area contributed by atoms with Gasteiger partial charge in [0.15, 0.2) is 0 Å². The van der Waals surface area contributed by atoms with Crippen LogP contribution in [0.4, 0.5) is 0 Å². The molecule has 0 spiro atoms. The van der Waals surface area contributed by atoms with Gasteiger partial charge in [0, 0.05) is 12.6 Å². The van der Waals surface area contributed by atoms with Crippen molar-refractivity contribution >= 4 is 0 Å². The van der Waals surface area contributed by atoms with Gasteiger partial charge in [0.2, 0.25) is 0 Å². The maximum absolute atomic E-state index is 11.6. The molecule has 96 valence electrons. The van der Waals surface area contributed by atoms with Gasteiger partial charge < -0.3 is 14.9 Å². The van der Waals surface area contributed by atoms with E-state index >= 15 is 0 Å². The third-order valence-electron chi connectivity index (χ3n) is 2.82. The first-order valence-corrected chi connectivity index (χ1v) is 5.33. The molecular weight excluding hydrogens is 242 g/mol. The Morgan fingerprint density at radius 3 is 2.89 bits per heavy atom. The third kappa shape index (κ3) is 2.09. The van der Waals surface area contributed by atoms with E-state index < -0.39 is 29.7 Å². The van der Waals surface area contributed by atoms with Gasteiger partial charge in [-0.1, -0.05) is 5.92 Å². The number of ether oxygens (including phenoxy) is 1. The molecule has 1 aromatic heterocycles. The number of terminal acetylenes is 1. The second-order valence-corrected chi connectivity index (χ2v) is 3.97. The minimum atomic E-state index is -0.867. The van der Waals surface area contributed by atoms with Gasteiger partial charge in [0.05, 0.1) is 12.7 Å². The monoisotopic (exact) mass is 254 g/mol. The van der Waals surface area contributed by atoms with Crippen molar-refractivity contribution in [2.24, 2.45) is 0 Å². The third-order valence-corrected chi connectivity index (χ3v) is 2.82. The molecule has 1 fully saturated rings. The standard InChI is InChI=1S/C11H12N2O5/c1-2-6-4-13(11(17)12-10(6)16)9-3-7(15)8(5-14)18-9/h1,4,7-9,14-15H,3,5H2,(H,12,16,17)/i1+1,2+1. The van der Waals surface area contributed by atoms with Crippen LogP contribution in [0, 0.1) is 12.3 Å². The molecule has 3 N–H and O–H groups in total. The Bertz CT molecular complexity index is 597. The van der Waals surface area contributed by atoms with Gasteiger partial charge in [-0.3, -0.25) is 14.3 Å². The van der Waals surface area contributed by atoms with Crippen LogP contribution in [0.25, 0.3) is 0 Å². The van der Waals surface area contributed by atoms with Gasteiger partial charge in [-0.15, -0.1) is 6.42 Å².